The maximum Gasteiger partial charge on any atom is 0.166 e. The number of hydrogen-bond acceptors (Lipinski definition) is 5. The molecule has 0 amide bonds. The van der Waals surface area contributed by atoms with E-state index in [1.807, 2.05) is 35.8 Å². The number of fused-ring (bicyclic) bond motifs is 1. The molecular formula is C17H20ClN5O. The van der Waals surface area contributed by atoms with Crippen molar-refractivity contribution in [2.45, 2.75) is 32.9 Å². The largest absolute Gasteiger partial charge is 0.385 e. The van der Waals surface area contributed by atoms with Crippen molar-refractivity contribution >= 4 is 28.6 Å². The highest BCUT2D eigenvalue weighted by Gasteiger charge is 2.20. The maximum atomic E-state index is 10.2. The summed E-state index contributed by atoms with van der Waals surface area (Å²) in [5.41, 5.74) is 2.39. The molecule has 2 aromatic heterocycles. The molecule has 0 saturated heterocycles. The third-order valence-corrected chi connectivity index (χ3v) is 4.06. The standard InChI is InChI=1S/C17H20ClN5O/c1-4-13-20-15(19-3)14-17(21-13)23(16(22-14)10(2)24)9-11-6-5-7-12(18)8-11/h5-8,10,24H,4,9H2,1-3H3,(H,19,20,21). The van der Waals surface area contributed by atoms with Crippen LogP contribution in [0.1, 0.15) is 37.2 Å². The van der Waals surface area contributed by atoms with E-state index in [0.29, 0.717) is 34.4 Å². The van der Waals surface area contributed by atoms with Crippen LogP contribution < -0.4 is 5.32 Å². The number of imidazole rings is 1. The van der Waals surface area contributed by atoms with Crippen molar-refractivity contribution < 1.29 is 5.11 Å². The van der Waals surface area contributed by atoms with Gasteiger partial charge in [-0.2, -0.15) is 0 Å². The SMILES string of the molecule is CCc1nc(NC)c2nc(C(C)O)n(Cc3cccc(Cl)c3)c2n1. The summed E-state index contributed by atoms with van der Waals surface area (Å²) in [5, 5.41) is 13.9. The van der Waals surface area contributed by atoms with Crippen LogP contribution in [0.2, 0.25) is 5.02 Å². The summed E-state index contributed by atoms with van der Waals surface area (Å²) in [7, 11) is 1.80. The van der Waals surface area contributed by atoms with Gasteiger partial charge < -0.3 is 15.0 Å². The maximum absolute atomic E-state index is 10.2. The van der Waals surface area contributed by atoms with Gasteiger partial charge in [0.25, 0.3) is 0 Å². The average Bonchev–Trinajstić information content (AvgIpc) is 2.93. The molecule has 0 radical (unpaired) electrons. The van der Waals surface area contributed by atoms with Gasteiger partial charge in [0.15, 0.2) is 17.0 Å². The summed E-state index contributed by atoms with van der Waals surface area (Å²) in [6.07, 6.45) is 0.00456. The van der Waals surface area contributed by atoms with Crippen LogP contribution in [0.15, 0.2) is 24.3 Å². The molecule has 3 aromatic rings. The monoisotopic (exact) mass is 345 g/mol. The Balaban J connectivity index is 2.21. The summed E-state index contributed by atoms with van der Waals surface area (Å²) in [6, 6.07) is 7.64. The summed E-state index contributed by atoms with van der Waals surface area (Å²) in [4.78, 5) is 13.7. The molecule has 7 heteroatoms. The minimum atomic E-state index is -0.715. The van der Waals surface area contributed by atoms with Crippen LogP contribution in [0.25, 0.3) is 11.2 Å². The van der Waals surface area contributed by atoms with Gasteiger partial charge in [-0.25, -0.2) is 15.0 Å². The molecule has 1 atom stereocenters. The van der Waals surface area contributed by atoms with Gasteiger partial charge in [-0.15, -0.1) is 0 Å². The second kappa shape index (κ2) is 6.75. The topological polar surface area (TPSA) is 75.9 Å². The molecule has 6 nitrogen and oxygen atoms in total. The zero-order chi connectivity index (χ0) is 17.3. The van der Waals surface area contributed by atoms with Gasteiger partial charge in [-0.05, 0) is 24.6 Å². The Morgan fingerprint density at radius 3 is 2.71 bits per heavy atom. The van der Waals surface area contributed by atoms with Crippen molar-refractivity contribution in [2.24, 2.45) is 0 Å². The van der Waals surface area contributed by atoms with Crippen molar-refractivity contribution in [1.29, 1.82) is 0 Å². The van der Waals surface area contributed by atoms with E-state index in [2.05, 4.69) is 20.3 Å². The summed E-state index contributed by atoms with van der Waals surface area (Å²) >= 11 is 6.09. The predicted molar refractivity (Wildman–Crippen MR) is 95.4 cm³/mol. The minimum absolute atomic E-state index is 0.528. The van der Waals surface area contributed by atoms with Gasteiger partial charge in [-0.1, -0.05) is 30.7 Å². The first kappa shape index (κ1) is 16.7. The molecule has 0 bridgehead atoms. The van der Waals surface area contributed by atoms with Crippen molar-refractivity contribution in [3.05, 3.63) is 46.5 Å². The van der Waals surface area contributed by atoms with Crippen molar-refractivity contribution in [2.75, 3.05) is 12.4 Å². The van der Waals surface area contributed by atoms with Crippen LogP contribution in [0.4, 0.5) is 5.82 Å². The van der Waals surface area contributed by atoms with E-state index >= 15 is 0 Å². The molecule has 2 heterocycles. The van der Waals surface area contributed by atoms with Crippen LogP contribution in [0.5, 0.6) is 0 Å². The number of aliphatic hydroxyl groups is 1. The molecule has 0 saturated carbocycles. The molecule has 0 spiro atoms. The Morgan fingerprint density at radius 1 is 1.29 bits per heavy atom. The molecule has 0 fully saturated rings. The number of nitrogens with zero attached hydrogens (tertiary/aromatic N) is 4. The number of aryl methyl sites for hydroxylation is 1. The number of nitrogens with one attached hydrogen (secondary N) is 1. The van der Waals surface area contributed by atoms with E-state index in [4.69, 9.17) is 11.6 Å². The van der Waals surface area contributed by atoms with E-state index in [1.165, 1.54) is 0 Å². The predicted octanol–water partition coefficient (Wildman–Crippen LogP) is 3.19. The van der Waals surface area contributed by atoms with Crippen molar-refractivity contribution in [3.63, 3.8) is 0 Å². The van der Waals surface area contributed by atoms with Crippen LogP contribution in [0.3, 0.4) is 0 Å². The fourth-order valence-electron chi connectivity index (χ4n) is 2.69. The molecule has 0 aliphatic heterocycles. The fraction of sp³-hybridized carbons (Fsp3) is 0.353. The van der Waals surface area contributed by atoms with E-state index in [9.17, 15) is 5.11 Å². The van der Waals surface area contributed by atoms with E-state index in [0.717, 1.165) is 17.8 Å². The Kier molecular flexibility index (Phi) is 4.69. The lowest BCUT2D eigenvalue weighted by Crippen LogP contribution is -2.09. The summed E-state index contributed by atoms with van der Waals surface area (Å²) in [6.45, 7) is 4.23. The molecule has 24 heavy (non-hydrogen) atoms. The summed E-state index contributed by atoms with van der Waals surface area (Å²) in [5.74, 6) is 1.96. The molecule has 3 rings (SSSR count). The van der Waals surface area contributed by atoms with E-state index < -0.39 is 6.10 Å². The molecule has 2 N–H and O–H groups in total. The van der Waals surface area contributed by atoms with Crippen LogP contribution >= 0.6 is 11.6 Å². The third kappa shape index (κ3) is 3.07. The number of rotatable bonds is 5. The lowest BCUT2D eigenvalue weighted by molar-refractivity contribution is 0.185. The van der Waals surface area contributed by atoms with Crippen LogP contribution in [-0.2, 0) is 13.0 Å². The lowest BCUT2D eigenvalue weighted by Gasteiger charge is -2.11. The number of aromatic nitrogens is 4. The first-order chi connectivity index (χ1) is 11.5. The Labute approximate surface area is 145 Å². The second-order valence-corrected chi connectivity index (χ2v) is 6.06. The average molecular weight is 346 g/mol. The van der Waals surface area contributed by atoms with Gasteiger partial charge in [0.2, 0.25) is 0 Å². The van der Waals surface area contributed by atoms with Gasteiger partial charge in [0.05, 0.1) is 6.54 Å². The summed E-state index contributed by atoms with van der Waals surface area (Å²) < 4.78 is 1.92. The lowest BCUT2D eigenvalue weighted by atomic mass is 10.2. The first-order valence-corrected chi connectivity index (χ1v) is 8.28. The Hall–Kier alpha value is -2.18. The molecule has 126 valence electrons. The second-order valence-electron chi connectivity index (χ2n) is 5.63. The molecule has 0 aliphatic rings. The highest BCUT2D eigenvalue weighted by molar-refractivity contribution is 6.30. The first-order valence-electron chi connectivity index (χ1n) is 7.90. The molecular weight excluding hydrogens is 326 g/mol. The molecule has 0 aliphatic carbocycles. The number of hydrogen-bond donors (Lipinski definition) is 2. The number of anilines is 1. The van der Waals surface area contributed by atoms with E-state index in [1.54, 1.807) is 14.0 Å². The highest BCUT2D eigenvalue weighted by atomic mass is 35.5. The quantitative estimate of drug-likeness (QED) is 0.742. The van der Waals surface area contributed by atoms with Gasteiger partial charge in [-0.3, -0.25) is 0 Å². The number of halogens is 1. The van der Waals surface area contributed by atoms with Gasteiger partial charge in [0, 0.05) is 18.5 Å². The zero-order valence-corrected chi connectivity index (χ0v) is 14.7. The van der Waals surface area contributed by atoms with E-state index in [-0.39, 0.29) is 0 Å². The minimum Gasteiger partial charge on any atom is -0.385 e. The van der Waals surface area contributed by atoms with Crippen molar-refractivity contribution in [3.8, 4) is 0 Å². The highest BCUT2D eigenvalue weighted by Crippen LogP contribution is 2.26. The molecule has 1 unspecified atom stereocenters. The van der Waals surface area contributed by atoms with Crippen LogP contribution in [-0.4, -0.2) is 31.7 Å². The Morgan fingerprint density at radius 2 is 2.08 bits per heavy atom. The van der Waals surface area contributed by atoms with Crippen LogP contribution in [0, 0.1) is 0 Å². The van der Waals surface area contributed by atoms with Gasteiger partial charge >= 0.3 is 0 Å². The normalized spacial score (nSPS) is 12.5. The van der Waals surface area contributed by atoms with Gasteiger partial charge in [0.1, 0.15) is 17.8 Å². The zero-order valence-electron chi connectivity index (χ0n) is 13.9. The Bertz CT molecular complexity index is 875. The number of benzene rings is 1. The number of aliphatic hydroxyl groups excluding tert-OH is 1. The third-order valence-electron chi connectivity index (χ3n) is 3.83. The molecule has 1 aromatic carbocycles. The van der Waals surface area contributed by atoms with Crippen molar-refractivity contribution in [1.82, 2.24) is 19.5 Å². The smallest absolute Gasteiger partial charge is 0.166 e. The fourth-order valence-corrected chi connectivity index (χ4v) is 2.90.